The molecule has 1 aliphatic rings. The molecule has 1 aliphatic heterocycles. The van der Waals surface area contributed by atoms with Crippen LogP contribution in [0.4, 0.5) is 17.1 Å². The summed E-state index contributed by atoms with van der Waals surface area (Å²) in [6.07, 6.45) is 0. The molecule has 2 aromatic carbocycles. The Balaban J connectivity index is 1.82. The molecule has 0 atom stereocenters. The number of benzene rings is 2. The van der Waals surface area contributed by atoms with Gasteiger partial charge in [-0.2, -0.15) is 0 Å². The lowest BCUT2D eigenvalue weighted by Crippen LogP contribution is -2.25. The van der Waals surface area contributed by atoms with E-state index in [0.717, 1.165) is 0 Å². The van der Waals surface area contributed by atoms with Gasteiger partial charge in [-0.15, -0.1) is 0 Å². The number of carbonyl (C=O) groups is 2. The zero-order valence-corrected chi connectivity index (χ0v) is 11.1. The number of ether oxygens (including phenoxy) is 1. The summed E-state index contributed by atoms with van der Waals surface area (Å²) in [5, 5.41) is 5.42. The number of nitrogens with one attached hydrogen (secondary N) is 2. The molecule has 0 bridgehead atoms. The van der Waals surface area contributed by atoms with Crippen molar-refractivity contribution in [3.05, 3.63) is 48.0 Å². The molecule has 0 fully saturated rings. The summed E-state index contributed by atoms with van der Waals surface area (Å²) in [4.78, 5) is 23.4. The van der Waals surface area contributed by atoms with Crippen LogP contribution in [0.15, 0.2) is 42.5 Å². The molecule has 0 spiro atoms. The highest BCUT2D eigenvalue weighted by Gasteiger charge is 2.17. The van der Waals surface area contributed by atoms with Crippen LogP contribution in [-0.4, -0.2) is 18.4 Å². The number of rotatable bonds is 2. The van der Waals surface area contributed by atoms with Crippen LogP contribution >= 0.6 is 0 Å². The van der Waals surface area contributed by atoms with Gasteiger partial charge in [-0.3, -0.25) is 9.59 Å². The fourth-order valence-corrected chi connectivity index (χ4v) is 2.06. The second-order valence-corrected chi connectivity index (χ2v) is 4.59. The lowest BCUT2D eigenvalue weighted by Gasteiger charge is -2.18. The molecule has 0 radical (unpaired) electrons. The molecule has 2 amide bonds. The van der Waals surface area contributed by atoms with Crippen molar-refractivity contribution in [2.45, 2.75) is 0 Å². The van der Waals surface area contributed by atoms with Gasteiger partial charge in [-0.25, -0.2) is 0 Å². The smallest absolute Gasteiger partial charge is 0.262 e. The van der Waals surface area contributed by atoms with Crippen molar-refractivity contribution in [2.24, 2.45) is 0 Å². The highest BCUT2D eigenvalue weighted by atomic mass is 16.5. The monoisotopic (exact) mass is 283 g/mol. The normalized spacial score (nSPS) is 12.9. The van der Waals surface area contributed by atoms with Crippen molar-refractivity contribution < 1.29 is 14.3 Å². The van der Waals surface area contributed by atoms with Gasteiger partial charge in [0.25, 0.3) is 11.8 Å². The molecule has 0 aliphatic carbocycles. The van der Waals surface area contributed by atoms with E-state index in [1.807, 2.05) is 0 Å². The molecule has 6 nitrogen and oxygen atoms in total. The summed E-state index contributed by atoms with van der Waals surface area (Å²) in [5.74, 6) is 0.0428. The van der Waals surface area contributed by atoms with Crippen LogP contribution in [-0.2, 0) is 4.79 Å². The standard InChI is InChI=1S/C15H13N3O3/c16-11-4-2-1-3-10(11)15(20)17-9-5-6-13-12(7-9)18-14(19)8-21-13/h1-7H,8,16H2,(H,17,20)(H,18,19). The summed E-state index contributed by atoms with van der Waals surface area (Å²) in [7, 11) is 0. The van der Waals surface area contributed by atoms with Crippen LogP contribution in [0.2, 0.25) is 0 Å². The number of para-hydroxylation sites is 1. The zero-order valence-electron chi connectivity index (χ0n) is 11.1. The Bertz CT molecular complexity index is 728. The van der Waals surface area contributed by atoms with Gasteiger partial charge in [0.05, 0.1) is 11.3 Å². The number of hydrogen-bond acceptors (Lipinski definition) is 4. The molecule has 106 valence electrons. The van der Waals surface area contributed by atoms with E-state index in [-0.39, 0.29) is 18.4 Å². The van der Waals surface area contributed by atoms with Crippen molar-refractivity contribution in [2.75, 3.05) is 23.0 Å². The van der Waals surface area contributed by atoms with Gasteiger partial charge >= 0.3 is 0 Å². The minimum Gasteiger partial charge on any atom is -0.482 e. The van der Waals surface area contributed by atoms with Crippen molar-refractivity contribution in [1.29, 1.82) is 0 Å². The number of amides is 2. The van der Waals surface area contributed by atoms with Crippen LogP contribution in [0.25, 0.3) is 0 Å². The molecule has 4 N–H and O–H groups in total. The molecule has 0 unspecified atom stereocenters. The van der Waals surface area contributed by atoms with E-state index >= 15 is 0 Å². The molecule has 2 aromatic rings. The minimum atomic E-state index is -0.309. The fraction of sp³-hybridized carbons (Fsp3) is 0.0667. The van der Waals surface area contributed by atoms with Gasteiger partial charge in [0, 0.05) is 11.4 Å². The Morgan fingerprint density at radius 1 is 1.24 bits per heavy atom. The van der Waals surface area contributed by atoms with Crippen molar-refractivity contribution >= 4 is 28.9 Å². The van der Waals surface area contributed by atoms with Crippen LogP contribution in [0.5, 0.6) is 5.75 Å². The number of nitrogen functional groups attached to an aromatic ring is 1. The predicted molar refractivity (Wildman–Crippen MR) is 79.4 cm³/mol. The quantitative estimate of drug-likeness (QED) is 0.733. The maximum atomic E-state index is 12.2. The fourth-order valence-electron chi connectivity index (χ4n) is 2.06. The summed E-state index contributed by atoms with van der Waals surface area (Å²) >= 11 is 0. The first-order valence-corrected chi connectivity index (χ1v) is 6.36. The molecule has 6 heteroatoms. The number of hydrogen-bond donors (Lipinski definition) is 3. The van der Waals surface area contributed by atoms with Crippen LogP contribution < -0.4 is 21.1 Å². The Hall–Kier alpha value is -3.02. The molecular formula is C15H13N3O3. The molecule has 3 rings (SSSR count). The lowest BCUT2D eigenvalue weighted by atomic mass is 10.1. The number of fused-ring (bicyclic) bond motifs is 1. The molecule has 0 saturated heterocycles. The number of anilines is 3. The lowest BCUT2D eigenvalue weighted by molar-refractivity contribution is -0.118. The maximum absolute atomic E-state index is 12.2. The van der Waals surface area contributed by atoms with Gasteiger partial charge in [-0.1, -0.05) is 12.1 Å². The summed E-state index contributed by atoms with van der Waals surface area (Å²) in [5.41, 5.74) is 7.65. The third-order valence-corrected chi connectivity index (χ3v) is 3.08. The topological polar surface area (TPSA) is 93.5 Å². The highest BCUT2D eigenvalue weighted by molar-refractivity contribution is 6.08. The second kappa shape index (κ2) is 5.16. The molecule has 0 saturated carbocycles. The largest absolute Gasteiger partial charge is 0.482 e. The van der Waals surface area contributed by atoms with E-state index in [1.54, 1.807) is 42.5 Å². The van der Waals surface area contributed by atoms with E-state index in [1.165, 1.54) is 0 Å². The van der Waals surface area contributed by atoms with Crippen LogP contribution in [0, 0.1) is 0 Å². The van der Waals surface area contributed by atoms with E-state index in [2.05, 4.69) is 10.6 Å². The SMILES string of the molecule is Nc1ccccc1C(=O)Nc1ccc2c(c1)NC(=O)CO2. The van der Waals surface area contributed by atoms with E-state index < -0.39 is 0 Å². The molecular weight excluding hydrogens is 270 g/mol. The third kappa shape index (κ3) is 2.64. The van der Waals surface area contributed by atoms with Crippen molar-refractivity contribution in [1.82, 2.24) is 0 Å². The van der Waals surface area contributed by atoms with E-state index in [4.69, 9.17) is 10.5 Å². The highest BCUT2D eigenvalue weighted by Crippen LogP contribution is 2.30. The molecule has 1 heterocycles. The van der Waals surface area contributed by atoms with Gasteiger partial charge < -0.3 is 21.1 Å². The van der Waals surface area contributed by atoms with Crippen LogP contribution in [0.3, 0.4) is 0 Å². The minimum absolute atomic E-state index is 0.000739. The number of carbonyl (C=O) groups excluding carboxylic acids is 2. The predicted octanol–water partition coefficient (Wildman–Crippen LogP) is 1.85. The molecule has 0 aromatic heterocycles. The third-order valence-electron chi connectivity index (χ3n) is 3.08. The Morgan fingerprint density at radius 2 is 2.05 bits per heavy atom. The average molecular weight is 283 g/mol. The number of nitrogens with two attached hydrogens (primary N) is 1. The zero-order chi connectivity index (χ0) is 14.8. The average Bonchev–Trinajstić information content (AvgIpc) is 2.47. The van der Waals surface area contributed by atoms with Crippen molar-refractivity contribution in [3.63, 3.8) is 0 Å². The Kier molecular flexibility index (Phi) is 3.19. The second-order valence-electron chi connectivity index (χ2n) is 4.59. The first-order valence-electron chi connectivity index (χ1n) is 6.36. The summed E-state index contributed by atoms with van der Waals surface area (Å²) in [6.45, 7) is -0.000739. The van der Waals surface area contributed by atoms with E-state index in [0.29, 0.717) is 28.4 Å². The summed E-state index contributed by atoms with van der Waals surface area (Å²) < 4.78 is 5.25. The van der Waals surface area contributed by atoms with Gasteiger partial charge in [0.2, 0.25) is 0 Å². The first kappa shape index (κ1) is 13.0. The van der Waals surface area contributed by atoms with Gasteiger partial charge in [0.1, 0.15) is 5.75 Å². The Labute approximate surface area is 120 Å². The van der Waals surface area contributed by atoms with Gasteiger partial charge in [0.15, 0.2) is 6.61 Å². The molecule has 21 heavy (non-hydrogen) atoms. The maximum Gasteiger partial charge on any atom is 0.262 e. The summed E-state index contributed by atoms with van der Waals surface area (Å²) in [6, 6.07) is 11.9. The Morgan fingerprint density at radius 3 is 2.86 bits per heavy atom. The first-order chi connectivity index (χ1) is 10.1. The van der Waals surface area contributed by atoms with E-state index in [9.17, 15) is 9.59 Å². The van der Waals surface area contributed by atoms with Crippen LogP contribution in [0.1, 0.15) is 10.4 Å². The van der Waals surface area contributed by atoms with Gasteiger partial charge in [-0.05, 0) is 30.3 Å². The van der Waals surface area contributed by atoms with Crippen molar-refractivity contribution in [3.8, 4) is 5.75 Å².